The fourth-order valence-electron chi connectivity index (χ4n) is 5.11. The van der Waals surface area contributed by atoms with Crippen LogP contribution in [0.25, 0.3) is 11.1 Å². The number of rotatable bonds is 10. The molecule has 4 rings (SSSR count). The number of fused-ring (bicyclic) bond motifs is 1. The summed E-state index contributed by atoms with van der Waals surface area (Å²) >= 11 is 0. The summed E-state index contributed by atoms with van der Waals surface area (Å²) in [4.78, 5) is 27.3. The second-order valence-electron chi connectivity index (χ2n) is 10.3. The largest absolute Gasteiger partial charge is 0.468 e. The second-order valence-corrected chi connectivity index (χ2v) is 10.3. The van der Waals surface area contributed by atoms with Crippen LogP contribution in [-0.2, 0) is 29.0 Å². The zero-order valence-electron chi connectivity index (χ0n) is 22.4. The van der Waals surface area contributed by atoms with E-state index < -0.39 is 0 Å². The van der Waals surface area contributed by atoms with Crippen LogP contribution in [-0.4, -0.2) is 29.9 Å². The Kier molecular flexibility index (Phi) is 8.78. The number of esters is 1. The van der Waals surface area contributed by atoms with E-state index in [1.165, 1.54) is 43.1 Å². The fraction of sp³-hybridized carbons (Fsp3) is 0.375. The van der Waals surface area contributed by atoms with E-state index in [4.69, 9.17) is 4.74 Å². The second kappa shape index (κ2) is 12.2. The van der Waals surface area contributed by atoms with Crippen molar-refractivity contribution in [3.8, 4) is 11.1 Å². The molecule has 0 radical (unpaired) electrons. The highest BCUT2D eigenvalue weighted by molar-refractivity contribution is 6.04. The van der Waals surface area contributed by atoms with E-state index >= 15 is 0 Å². The average Bonchev–Trinajstić information content (AvgIpc) is 3.32. The molecule has 3 aromatic carbocycles. The van der Waals surface area contributed by atoms with Crippen molar-refractivity contribution < 1.29 is 14.3 Å². The third-order valence-electron chi connectivity index (χ3n) is 7.18. The molecule has 0 bridgehead atoms. The molecule has 5 heteroatoms. The summed E-state index contributed by atoms with van der Waals surface area (Å²) in [5.74, 6) is -0.105. The summed E-state index contributed by atoms with van der Waals surface area (Å²) in [5.41, 5.74) is 7.41. The van der Waals surface area contributed by atoms with E-state index in [1.807, 2.05) is 36.4 Å². The van der Waals surface area contributed by atoms with E-state index in [0.29, 0.717) is 5.56 Å². The lowest BCUT2D eigenvalue weighted by atomic mass is 10.0. The predicted molar refractivity (Wildman–Crippen MR) is 149 cm³/mol. The maximum absolute atomic E-state index is 12.7. The number of nitrogens with one attached hydrogen (secondary N) is 1. The van der Waals surface area contributed by atoms with Crippen LogP contribution in [0.4, 0.5) is 5.69 Å². The van der Waals surface area contributed by atoms with Gasteiger partial charge in [-0.3, -0.25) is 14.5 Å². The molecule has 3 aromatic rings. The number of amides is 1. The van der Waals surface area contributed by atoms with Gasteiger partial charge in [0.25, 0.3) is 5.91 Å². The Labute approximate surface area is 220 Å². The van der Waals surface area contributed by atoms with E-state index in [1.54, 1.807) is 0 Å². The Balaban J connectivity index is 1.39. The molecule has 1 aliphatic rings. The van der Waals surface area contributed by atoms with Gasteiger partial charge in [0.2, 0.25) is 0 Å². The van der Waals surface area contributed by atoms with Crippen molar-refractivity contribution in [3.63, 3.8) is 0 Å². The van der Waals surface area contributed by atoms with Gasteiger partial charge in [-0.05, 0) is 76.9 Å². The third kappa shape index (κ3) is 6.47. The van der Waals surface area contributed by atoms with Gasteiger partial charge in [-0.15, -0.1) is 0 Å². The zero-order valence-corrected chi connectivity index (χ0v) is 22.4. The van der Waals surface area contributed by atoms with E-state index in [0.717, 1.165) is 36.3 Å². The van der Waals surface area contributed by atoms with Crippen LogP contribution in [0.15, 0.2) is 66.7 Å². The minimum atomic E-state index is -0.249. The molecule has 1 N–H and O–H groups in total. The number of anilines is 1. The number of carbonyl (C=O) groups excluding carboxylic acids is 2. The molecule has 0 aromatic heterocycles. The molecule has 1 heterocycles. The number of hydrogen-bond donors (Lipinski definition) is 1. The van der Waals surface area contributed by atoms with Crippen LogP contribution in [0, 0.1) is 5.92 Å². The topological polar surface area (TPSA) is 58.6 Å². The molecular weight excluding hydrogens is 460 g/mol. The van der Waals surface area contributed by atoms with Crippen LogP contribution >= 0.6 is 0 Å². The molecule has 0 aliphatic carbocycles. The van der Waals surface area contributed by atoms with Crippen LogP contribution in [0.1, 0.15) is 67.1 Å². The number of ether oxygens (including phenoxy) is 1. The molecule has 37 heavy (non-hydrogen) atoms. The Morgan fingerprint density at radius 1 is 0.892 bits per heavy atom. The molecule has 1 atom stereocenters. The molecule has 1 amide bonds. The van der Waals surface area contributed by atoms with Gasteiger partial charge in [0.05, 0.1) is 7.11 Å². The third-order valence-corrected chi connectivity index (χ3v) is 7.18. The standard InChI is InChI=1S/C32H38N2O3/c1-5-6-7-8-23-9-11-25(12-10-23)31(35)33-29-17-15-24(16-18-29)26-13-14-27-20-34(21-28(27)19-26)30(22(2)3)32(36)37-4/h9-19,22,30H,5-8,20-21H2,1-4H3,(H,33,35). The maximum Gasteiger partial charge on any atom is 0.323 e. The van der Waals surface area contributed by atoms with Crippen LogP contribution in [0.3, 0.4) is 0 Å². The highest BCUT2D eigenvalue weighted by Crippen LogP contribution is 2.32. The summed E-state index contributed by atoms with van der Waals surface area (Å²) in [7, 11) is 1.45. The Bertz CT molecular complexity index is 1220. The molecule has 0 saturated carbocycles. The quantitative estimate of drug-likeness (QED) is 0.245. The summed E-state index contributed by atoms with van der Waals surface area (Å²) in [6.07, 6.45) is 4.68. The number of aryl methyl sites for hydroxylation is 1. The molecule has 5 nitrogen and oxygen atoms in total. The van der Waals surface area contributed by atoms with Crippen LogP contribution in [0.5, 0.6) is 0 Å². The van der Waals surface area contributed by atoms with E-state index in [2.05, 4.69) is 61.3 Å². The monoisotopic (exact) mass is 498 g/mol. The normalized spacial score (nSPS) is 13.9. The number of unbranched alkanes of at least 4 members (excludes halogenated alkanes) is 2. The van der Waals surface area contributed by atoms with Crippen LogP contribution < -0.4 is 5.32 Å². The van der Waals surface area contributed by atoms with Crippen molar-refractivity contribution in [1.82, 2.24) is 4.90 Å². The van der Waals surface area contributed by atoms with Crippen molar-refractivity contribution in [2.24, 2.45) is 5.92 Å². The Hall–Kier alpha value is -3.44. The van der Waals surface area contributed by atoms with Gasteiger partial charge in [-0.1, -0.05) is 70.0 Å². The van der Waals surface area contributed by atoms with Gasteiger partial charge in [0.15, 0.2) is 0 Å². The summed E-state index contributed by atoms with van der Waals surface area (Å²) in [6.45, 7) is 7.79. The first kappa shape index (κ1) is 26.6. The molecular formula is C32H38N2O3. The first-order valence-corrected chi connectivity index (χ1v) is 13.3. The van der Waals surface area contributed by atoms with Crippen molar-refractivity contribution in [2.75, 3.05) is 12.4 Å². The number of nitrogens with zero attached hydrogens (tertiary/aromatic N) is 1. The van der Waals surface area contributed by atoms with Crippen molar-refractivity contribution in [1.29, 1.82) is 0 Å². The molecule has 0 saturated heterocycles. The average molecular weight is 499 g/mol. The SMILES string of the molecule is CCCCCc1ccc(C(=O)Nc2ccc(-c3ccc4c(c3)CN(C(C(=O)OC)C(C)C)C4)cc2)cc1. The van der Waals surface area contributed by atoms with E-state index in [9.17, 15) is 9.59 Å². The van der Waals surface area contributed by atoms with Crippen molar-refractivity contribution in [2.45, 2.75) is 65.6 Å². The number of hydrogen-bond acceptors (Lipinski definition) is 4. The van der Waals surface area contributed by atoms with Crippen LogP contribution in [0.2, 0.25) is 0 Å². The molecule has 1 unspecified atom stereocenters. The highest BCUT2D eigenvalue weighted by Gasteiger charge is 2.33. The number of carbonyl (C=O) groups is 2. The summed E-state index contributed by atoms with van der Waals surface area (Å²) in [6, 6.07) is 22.1. The summed E-state index contributed by atoms with van der Waals surface area (Å²) < 4.78 is 5.06. The van der Waals surface area contributed by atoms with Gasteiger partial charge < -0.3 is 10.1 Å². The molecule has 0 spiro atoms. The molecule has 1 aliphatic heterocycles. The van der Waals surface area contributed by atoms with Gasteiger partial charge in [-0.2, -0.15) is 0 Å². The van der Waals surface area contributed by atoms with Gasteiger partial charge in [0.1, 0.15) is 6.04 Å². The lowest BCUT2D eigenvalue weighted by molar-refractivity contribution is -0.149. The van der Waals surface area contributed by atoms with Gasteiger partial charge >= 0.3 is 5.97 Å². The Morgan fingerprint density at radius 3 is 2.22 bits per heavy atom. The summed E-state index contributed by atoms with van der Waals surface area (Å²) in [5, 5.41) is 3.01. The van der Waals surface area contributed by atoms with Crippen molar-refractivity contribution >= 4 is 17.6 Å². The molecule has 194 valence electrons. The number of methoxy groups -OCH3 is 1. The highest BCUT2D eigenvalue weighted by atomic mass is 16.5. The lowest BCUT2D eigenvalue weighted by Crippen LogP contribution is -2.42. The minimum Gasteiger partial charge on any atom is -0.468 e. The van der Waals surface area contributed by atoms with Crippen molar-refractivity contribution in [3.05, 3.63) is 89.0 Å². The maximum atomic E-state index is 12.7. The number of benzene rings is 3. The minimum absolute atomic E-state index is 0.101. The van der Waals surface area contributed by atoms with Gasteiger partial charge in [-0.25, -0.2) is 0 Å². The first-order chi connectivity index (χ1) is 17.9. The first-order valence-electron chi connectivity index (χ1n) is 13.3. The fourth-order valence-corrected chi connectivity index (χ4v) is 5.11. The lowest BCUT2D eigenvalue weighted by Gasteiger charge is -2.28. The predicted octanol–water partition coefficient (Wildman–Crippen LogP) is 6.85. The smallest absolute Gasteiger partial charge is 0.323 e. The van der Waals surface area contributed by atoms with Gasteiger partial charge in [0, 0.05) is 24.3 Å². The van der Waals surface area contributed by atoms with E-state index in [-0.39, 0.29) is 23.8 Å². The Morgan fingerprint density at radius 2 is 1.57 bits per heavy atom. The zero-order chi connectivity index (χ0) is 26.4. The molecule has 0 fully saturated rings.